The van der Waals surface area contributed by atoms with E-state index in [-0.39, 0.29) is 31.8 Å². The van der Waals surface area contributed by atoms with Crippen molar-refractivity contribution >= 4 is 12.0 Å². The van der Waals surface area contributed by atoms with Crippen molar-refractivity contribution < 1.29 is 32.6 Å². The first kappa shape index (κ1) is 20.0. The smallest absolute Gasteiger partial charge is 0.416 e. The van der Waals surface area contributed by atoms with E-state index in [0.717, 1.165) is 12.1 Å². The summed E-state index contributed by atoms with van der Waals surface area (Å²) in [7, 11) is 1.23. The van der Waals surface area contributed by atoms with E-state index in [1.54, 1.807) is 0 Å². The van der Waals surface area contributed by atoms with Gasteiger partial charge in [0.1, 0.15) is 0 Å². The molecule has 1 aromatic carbocycles. The van der Waals surface area contributed by atoms with Gasteiger partial charge >= 0.3 is 12.3 Å². The molecule has 0 bridgehead atoms. The van der Waals surface area contributed by atoms with Gasteiger partial charge in [0.25, 0.3) is 0 Å². The molecule has 2 N–H and O–H groups in total. The molecule has 1 saturated heterocycles. The summed E-state index contributed by atoms with van der Waals surface area (Å²) in [6.07, 6.45) is -5.21. The molecule has 0 aromatic heterocycles. The number of aliphatic hydroxyl groups excluding tert-OH is 1. The summed E-state index contributed by atoms with van der Waals surface area (Å²) in [5.74, 6) is -0.282. The molecule has 1 heterocycles. The summed E-state index contributed by atoms with van der Waals surface area (Å²) >= 11 is 0. The average molecular weight is 374 g/mol. The van der Waals surface area contributed by atoms with E-state index in [4.69, 9.17) is 0 Å². The number of carbonyl (C=O) groups excluding carboxylic acids is 2. The lowest BCUT2D eigenvalue weighted by molar-refractivity contribution is -0.137. The minimum Gasteiger partial charge on any atom is -0.453 e. The van der Waals surface area contributed by atoms with E-state index >= 15 is 0 Å². The predicted octanol–water partition coefficient (Wildman–Crippen LogP) is 2.48. The highest BCUT2D eigenvalue weighted by Gasteiger charge is 2.37. The van der Waals surface area contributed by atoms with Gasteiger partial charge in [-0.25, -0.2) is 4.79 Å². The molecule has 2 amide bonds. The van der Waals surface area contributed by atoms with Gasteiger partial charge in [-0.2, -0.15) is 13.2 Å². The molecule has 1 aromatic rings. The number of carbonyl (C=O) groups is 2. The number of benzene rings is 1. The Hall–Kier alpha value is -2.29. The van der Waals surface area contributed by atoms with Crippen molar-refractivity contribution in [1.29, 1.82) is 0 Å². The summed E-state index contributed by atoms with van der Waals surface area (Å²) in [4.78, 5) is 24.8. The van der Waals surface area contributed by atoms with Gasteiger partial charge in [-0.1, -0.05) is 12.1 Å². The molecule has 1 fully saturated rings. The Morgan fingerprint density at radius 1 is 1.38 bits per heavy atom. The molecule has 26 heavy (non-hydrogen) atoms. The lowest BCUT2D eigenvalue weighted by Crippen LogP contribution is -2.32. The van der Waals surface area contributed by atoms with E-state index in [2.05, 4.69) is 10.1 Å². The zero-order chi connectivity index (χ0) is 19.3. The van der Waals surface area contributed by atoms with E-state index in [0.29, 0.717) is 12.0 Å². The minimum atomic E-state index is -4.47. The number of hydrogen-bond donors (Lipinski definition) is 2. The molecule has 0 saturated carbocycles. The van der Waals surface area contributed by atoms with Crippen LogP contribution in [0, 0.1) is 0 Å². The van der Waals surface area contributed by atoms with E-state index in [9.17, 15) is 27.9 Å². The molecule has 1 aliphatic rings. The molecule has 0 spiro atoms. The first-order chi connectivity index (χ1) is 12.2. The first-order valence-electron chi connectivity index (χ1n) is 8.19. The maximum absolute atomic E-state index is 12.9. The number of alkyl carbamates (subject to hydrolysis) is 1. The fourth-order valence-corrected chi connectivity index (χ4v) is 2.97. The van der Waals surface area contributed by atoms with Crippen molar-refractivity contribution in [1.82, 2.24) is 10.2 Å². The number of aliphatic hydroxyl groups is 1. The Bertz CT molecular complexity index is 651. The monoisotopic (exact) mass is 374 g/mol. The zero-order valence-electron chi connectivity index (χ0n) is 14.3. The number of hydrogen-bond acceptors (Lipinski definition) is 4. The molecule has 0 unspecified atom stereocenters. The summed E-state index contributed by atoms with van der Waals surface area (Å²) in [6, 6.07) is 4.21. The standard InChI is InChI=1S/C17H21F3N2O4/c1-26-16(25)21-7-3-6-15(24)22-10-13(23)9-14(22)11-4-2-5-12(8-11)17(18,19)20/h2,4-5,8,13-14,23H,3,6-7,9-10H2,1H3,(H,21,25)/t13-,14-/m1/s1. The van der Waals surface area contributed by atoms with Gasteiger partial charge in [0, 0.05) is 19.5 Å². The van der Waals surface area contributed by atoms with Gasteiger partial charge < -0.3 is 20.1 Å². The number of nitrogens with zero attached hydrogens (tertiary/aromatic N) is 1. The maximum atomic E-state index is 12.9. The first-order valence-corrected chi connectivity index (χ1v) is 8.19. The number of likely N-dealkylation sites (tertiary alicyclic amines) is 1. The van der Waals surface area contributed by atoms with Gasteiger partial charge in [-0.3, -0.25) is 4.79 Å². The van der Waals surface area contributed by atoms with Crippen molar-refractivity contribution in [3.63, 3.8) is 0 Å². The van der Waals surface area contributed by atoms with Crippen LogP contribution in [0.1, 0.15) is 36.4 Å². The quantitative estimate of drug-likeness (QED) is 0.776. The zero-order valence-corrected chi connectivity index (χ0v) is 14.3. The summed E-state index contributed by atoms with van der Waals surface area (Å²) in [6.45, 7) is 0.313. The summed E-state index contributed by atoms with van der Waals surface area (Å²) in [5, 5.41) is 12.3. The van der Waals surface area contributed by atoms with Crippen molar-refractivity contribution in [3.05, 3.63) is 35.4 Å². The Balaban J connectivity index is 2.04. The number of methoxy groups -OCH3 is 1. The molecule has 2 atom stereocenters. The Kier molecular flexibility index (Phi) is 6.47. The lowest BCUT2D eigenvalue weighted by atomic mass is 10.0. The third-order valence-electron chi connectivity index (χ3n) is 4.22. The lowest BCUT2D eigenvalue weighted by Gasteiger charge is -2.25. The predicted molar refractivity (Wildman–Crippen MR) is 86.2 cm³/mol. The Morgan fingerprint density at radius 3 is 2.77 bits per heavy atom. The summed E-state index contributed by atoms with van der Waals surface area (Å²) < 4.78 is 43.2. The van der Waals surface area contributed by atoms with Crippen LogP contribution in [-0.2, 0) is 15.7 Å². The molecule has 6 nitrogen and oxygen atoms in total. The molecular formula is C17H21F3N2O4. The molecule has 0 radical (unpaired) electrons. The number of amides is 2. The van der Waals surface area contributed by atoms with Crippen molar-refractivity contribution in [2.75, 3.05) is 20.2 Å². The minimum absolute atomic E-state index is 0.0736. The molecule has 9 heteroatoms. The van der Waals surface area contributed by atoms with Gasteiger partial charge in [0.15, 0.2) is 0 Å². The van der Waals surface area contributed by atoms with E-state index in [1.807, 2.05) is 0 Å². The highest BCUT2D eigenvalue weighted by Crippen LogP contribution is 2.36. The number of halogens is 3. The van der Waals surface area contributed by atoms with Crippen LogP contribution in [-0.4, -0.2) is 48.3 Å². The second-order valence-electron chi connectivity index (χ2n) is 6.10. The van der Waals surface area contributed by atoms with Crippen LogP contribution in [0.15, 0.2) is 24.3 Å². The molecule has 0 aliphatic carbocycles. The van der Waals surface area contributed by atoms with E-state index in [1.165, 1.54) is 24.1 Å². The van der Waals surface area contributed by atoms with Crippen molar-refractivity contribution in [3.8, 4) is 0 Å². The van der Waals surface area contributed by atoms with Crippen LogP contribution in [0.5, 0.6) is 0 Å². The third-order valence-corrected chi connectivity index (χ3v) is 4.22. The molecule has 1 aliphatic heterocycles. The number of alkyl halides is 3. The topological polar surface area (TPSA) is 78.9 Å². The maximum Gasteiger partial charge on any atom is 0.416 e. The van der Waals surface area contributed by atoms with Crippen molar-refractivity contribution in [2.24, 2.45) is 0 Å². The van der Waals surface area contributed by atoms with Gasteiger partial charge in [-0.05, 0) is 30.5 Å². The second-order valence-corrected chi connectivity index (χ2v) is 6.10. The Morgan fingerprint density at radius 2 is 2.12 bits per heavy atom. The van der Waals surface area contributed by atoms with Crippen molar-refractivity contribution in [2.45, 2.75) is 37.6 Å². The van der Waals surface area contributed by atoms with Crippen LogP contribution in [0.25, 0.3) is 0 Å². The third kappa shape index (κ3) is 5.10. The van der Waals surface area contributed by atoms with E-state index < -0.39 is 30.0 Å². The number of ether oxygens (including phenoxy) is 1. The van der Waals surface area contributed by atoms with Crippen LogP contribution >= 0.6 is 0 Å². The average Bonchev–Trinajstić information content (AvgIpc) is 2.99. The highest BCUT2D eigenvalue weighted by molar-refractivity contribution is 5.77. The Labute approximate surface area is 148 Å². The normalized spacial score (nSPS) is 20.1. The summed E-state index contributed by atoms with van der Waals surface area (Å²) in [5.41, 5.74) is -0.441. The highest BCUT2D eigenvalue weighted by atomic mass is 19.4. The van der Waals surface area contributed by atoms with Crippen LogP contribution in [0.2, 0.25) is 0 Å². The van der Waals surface area contributed by atoms with Crippen LogP contribution in [0.4, 0.5) is 18.0 Å². The fraction of sp³-hybridized carbons (Fsp3) is 0.529. The van der Waals surface area contributed by atoms with Crippen LogP contribution in [0.3, 0.4) is 0 Å². The SMILES string of the molecule is COC(=O)NCCCC(=O)N1C[C@H](O)C[C@@H]1c1cccc(C(F)(F)F)c1. The molecular weight excluding hydrogens is 353 g/mol. The number of β-amino-alcohol motifs (C(OH)–C–C–N with tert-alkyl or cyclic N) is 1. The van der Waals surface area contributed by atoms with Gasteiger partial charge in [-0.15, -0.1) is 0 Å². The molecule has 2 rings (SSSR count). The number of rotatable bonds is 5. The van der Waals surface area contributed by atoms with Gasteiger partial charge in [0.2, 0.25) is 5.91 Å². The fourth-order valence-electron chi connectivity index (χ4n) is 2.97. The second kappa shape index (κ2) is 8.39. The largest absolute Gasteiger partial charge is 0.453 e. The number of nitrogens with one attached hydrogen (secondary N) is 1. The molecule has 144 valence electrons. The van der Waals surface area contributed by atoms with Gasteiger partial charge in [0.05, 0.1) is 24.8 Å². The van der Waals surface area contributed by atoms with Crippen LogP contribution < -0.4 is 5.32 Å².